The van der Waals surface area contributed by atoms with Gasteiger partial charge in [-0.2, -0.15) is 13.2 Å². The molecule has 0 aromatic rings. The average molecular weight is 217 g/mol. The summed E-state index contributed by atoms with van der Waals surface area (Å²) in [7, 11) is -4.51. The first-order valence-corrected chi connectivity index (χ1v) is 5.42. The first-order valence-electron chi connectivity index (χ1n) is 3.81. The van der Waals surface area contributed by atoms with Crippen LogP contribution >= 0.6 is 0 Å². The first kappa shape index (κ1) is 10.8. The van der Waals surface area contributed by atoms with Crippen molar-refractivity contribution in [1.29, 1.82) is 0 Å². The van der Waals surface area contributed by atoms with Crippen LogP contribution in [-0.4, -0.2) is 19.8 Å². The van der Waals surface area contributed by atoms with Gasteiger partial charge in [0.2, 0.25) is 10.0 Å². The predicted molar refractivity (Wildman–Crippen MR) is 40.3 cm³/mol. The molecule has 0 spiro atoms. The molecule has 1 aliphatic carbocycles. The largest absolute Gasteiger partial charge is 0.407 e. The van der Waals surface area contributed by atoms with Gasteiger partial charge in [-0.25, -0.2) is 13.6 Å². The number of primary sulfonamides is 1. The van der Waals surface area contributed by atoms with Gasteiger partial charge in [0, 0.05) is 0 Å². The molecule has 1 saturated carbocycles. The molecule has 0 aromatic heterocycles. The van der Waals surface area contributed by atoms with Crippen molar-refractivity contribution in [3.8, 4) is 0 Å². The zero-order valence-electron chi connectivity index (χ0n) is 6.71. The van der Waals surface area contributed by atoms with Crippen molar-refractivity contribution in [3.63, 3.8) is 0 Å². The standard InChI is InChI=1S/C6H10F3NO2S/c7-6(8,9)5(13(10,11)12)4-2-1-3-4/h4-5H,1-3H2,(H2,10,11,12). The molecule has 1 unspecified atom stereocenters. The van der Waals surface area contributed by atoms with Gasteiger partial charge in [0.1, 0.15) is 0 Å². The summed E-state index contributed by atoms with van der Waals surface area (Å²) in [4.78, 5) is 0. The molecule has 0 heterocycles. The molecule has 0 bridgehead atoms. The molecule has 1 aliphatic rings. The molecule has 0 amide bonds. The topological polar surface area (TPSA) is 60.2 Å². The molecule has 2 N–H and O–H groups in total. The molecule has 1 rings (SSSR count). The van der Waals surface area contributed by atoms with Gasteiger partial charge in [0.05, 0.1) is 0 Å². The monoisotopic (exact) mass is 217 g/mol. The molecule has 78 valence electrons. The van der Waals surface area contributed by atoms with Crippen molar-refractivity contribution in [2.75, 3.05) is 0 Å². The second-order valence-corrected chi connectivity index (χ2v) is 4.93. The summed E-state index contributed by atoms with van der Waals surface area (Å²) in [6.07, 6.45) is -3.51. The van der Waals surface area contributed by atoms with Crippen LogP contribution in [0.5, 0.6) is 0 Å². The van der Waals surface area contributed by atoms with Crippen molar-refractivity contribution in [3.05, 3.63) is 0 Å². The Kier molecular flexibility index (Phi) is 2.59. The highest BCUT2D eigenvalue weighted by atomic mass is 32.2. The molecule has 0 aromatic carbocycles. The molecule has 1 atom stereocenters. The van der Waals surface area contributed by atoms with E-state index < -0.39 is 27.4 Å². The van der Waals surface area contributed by atoms with E-state index in [2.05, 4.69) is 5.14 Å². The van der Waals surface area contributed by atoms with Crippen LogP contribution in [0.25, 0.3) is 0 Å². The van der Waals surface area contributed by atoms with Gasteiger partial charge in [-0.3, -0.25) is 0 Å². The fourth-order valence-electron chi connectivity index (χ4n) is 1.46. The summed E-state index contributed by atoms with van der Waals surface area (Å²) in [5, 5.41) is 2.16. The summed E-state index contributed by atoms with van der Waals surface area (Å²) >= 11 is 0. The Hall–Kier alpha value is -0.300. The van der Waals surface area contributed by atoms with Crippen LogP contribution in [0.4, 0.5) is 13.2 Å². The second-order valence-electron chi connectivity index (χ2n) is 3.24. The number of hydrogen-bond acceptors (Lipinski definition) is 2. The lowest BCUT2D eigenvalue weighted by atomic mass is 9.82. The van der Waals surface area contributed by atoms with Gasteiger partial charge in [0.15, 0.2) is 5.25 Å². The fourth-order valence-corrected chi connectivity index (χ4v) is 2.65. The van der Waals surface area contributed by atoms with Crippen LogP contribution in [0.1, 0.15) is 19.3 Å². The Morgan fingerprint density at radius 3 is 1.85 bits per heavy atom. The van der Waals surface area contributed by atoms with Crippen LogP contribution < -0.4 is 5.14 Å². The van der Waals surface area contributed by atoms with E-state index in [1.807, 2.05) is 0 Å². The molecule has 0 saturated heterocycles. The normalized spacial score (nSPS) is 22.5. The average Bonchev–Trinajstić information content (AvgIpc) is 1.71. The van der Waals surface area contributed by atoms with E-state index in [4.69, 9.17) is 0 Å². The highest BCUT2D eigenvalue weighted by Gasteiger charge is 2.53. The molecule has 13 heavy (non-hydrogen) atoms. The zero-order valence-corrected chi connectivity index (χ0v) is 7.53. The number of rotatable bonds is 2. The Balaban J connectivity index is 2.89. The minimum Gasteiger partial charge on any atom is -0.228 e. The third kappa shape index (κ3) is 2.34. The molecule has 0 aliphatic heterocycles. The molecule has 0 radical (unpaired) electrons. The molecular formula is C6H10F3NO2S. The molecular weight excluding hydrogens is 207 g/mol. The number of halogens is 3. The smallest absolute Gasteiger partial charge is 0.228 e. The molecule has 7 heteroatoms. The Morgan fingerprint density at radius 1 is 1.31 bits per heavy atom. The second kappa shape index (κ2) is 3.13. The lowest BCUT2D eigenvalue weighted by Gasteiger charge is -2.33. The predicted octanol–water partition coefficient (Wildman–Crippen LogP) is 1.01. The lowest BCUT2D eigenvalue weighted by Crippen LogP contribution is -2.48. The van der Waals surface area contributed by atoms with Gasteiger partial charge in [-0.15, -0.1) is 0 Å². The van der Waals surface area contributed by atoms with Crippen molar-refractivity contribution in [2.45, 2.75) is 30.7 Å². The summed E-state index contributed by atoms with van der Waals surface area (Å²) in [6, 6.07) is 0. The van der Waals surface area contributed by atoms with Gasteiger partial charge < -0.3 is 0 Å². The van der Waals surface area contributed by atoms with E-state index in [1.54, 1.807) is 0 Å². The van der Waals surface area contributed by atoms with E-state index in [0.29, 0.717) is 19.3 Å². The van der Waals surface area contributed by atoms with E-state index in [9.17, 15) is 21.6 Å². The number of alkyl halides is 3. The fraction of sp³-hybridized carbons (Fsp3) is 1.00. The van der Waals surface area contributed by atoms with Gasteiger partial charge in [-0.05, 0) is 18.8 Å². The van der Waals surface area contributed by atoms with Crippen LogP contribution in [0.15, 0.2) is 0 Å². The first-order chi connectivity index (χ1) is 5.73. The van der Waals surface area contributed by atoms with E-state index in [-0.39, 0.29) is 0 Å². The van der Waals surface area contributed by atoms with Crippen LogP contribution in [0.3, 0.4) is 0 Å². The van der Waals surface area contributed by atoms with E-state index in [0.717, 1.165) is 0 Å². The summed E-state index contributed by atoms with van der Waals surface area (Å²) in [5.74, 6) is -0.838. The third-order valence-corrected chi connectivity index (χ3v) is 3.61. The van der Waals surface area contributed by atoms with Crippen LogP contribution in [0.2, 0.25) is 0 Å². The van der Waals surface area contributed by atoms with E-state index in [1.165, 1.54) is 0 Å². The summed E-state index contributed by atoms with van der Waals surface area (Å²) in [5.41, 5.74) is 0. The Morgan fingerprint density at radius 2 is 1.77 bits per heavy atom. The number of hydrogen-bond donors (Lipinski definition) is 1. The maximum Gasteiger partial charge on any atom is 0.407 e. The maximum atomic E-state index is 12.2. The van der Waals surface area contributed by atoms with Crippen LogP contribution in [0, 0.1) is 5.92 Å². The minimum atomic E-state index is -4.74. The summed E-state index contributed by atoms with van der Waals surface area (Å²) in [6.45, 7) is 0. The SMILES string of the molecule is NS(=O)(=O)C(C1CCC1)C(F)(F)F. The highest BCUT2D eigenvalue weighted by Crippen LogP contribution is 2.40. The van der Waals surface area contributed by atoms with Crippen molar-refractivity contribution >= 4 is 10.0 Å². The van der Waals surface area contributed by atoms with E-state index >= 15 is 0 Å². The van der Waals surface area contributed by atoms with Gasteiger partial charge >= 0.3 is 6.18 Å². The molecule has 1 fully saturated rings. The quantitative estimate of drug-likeness (QED) is 0.750. The van der Waals surface area contributed by atoms with Gasteiger partial charge in [0.25, 0.3) is 0 Å². The van der Waals surface area contributed by atoms with Crippen LogP contribution in [-0.2, 0) is 10.0 Å². The summed E-state index contributed by atoms with van der Waals surface area (Å²) < 4.78 is 58.0. The molecule has 3 nitrogen and oxygen atoms in total. The Labute approximate surface area is 74.2 Å². The van der Waals surface area contributed by atoms with Gasteiger partial charge in [-0.1, -0.05) is 6.42 Å². The third-order valence-electron chi connectivity index (χ3n) is 2.25. The number of nitrogens with two attached hydrogens (primary N) is 1. The highest BCUT2D eigenvalue weighted by molar-refractivity contribution is 7.89. The van der Waals surface area contributed by atoms with Crippen molar-refractivity contribution in [1.82, 2.24) is 0 Å². The van der Waals surface area contributed by atoms with Crippen molar-refractivity contribution < 1.29 is 21.6 Å². The Bertz CT molecular complexity index is 281. The number of sulfonamides is 1. The minimum absolute atomic E-state index is 0.292. The maximum absolute atomic E-state index is 12.2. The zero-order chi connectivity index (χ0) is 10.3. The lowest BCUT2D eigenvalue weighted by molar-refractivity contribution is -0.145. The van der Waals surface area contributed by atoms with Crippen molar-refractivity contribution in [2.24, 2.45) is 11.1 Å².